The summed E-state index contributed by atoms with van der Waals surface area (Å²) < 4.78 is 5.94. The molecule has 1 aliphatic rings. The van der Waals surface area contributed by atoms with Crippen LogP contribution in [0.4, 0.5) is 0 Å². The van der Waals surface area contributed by atoms with E-state index < -0.39 is 0 Å². The fourth-order valence-electron chi connectivity index (χ4n) is 2.72. The average molecular weight is 258 g/mol. The number of nitriles is 1. The summed E-state index contributed by atoms with van der Waals surface area (Å²) in [5.41, 5.74) is 1.30. The van der Waals surface area contributed by atoms with Crippen molar-refractivity contribution in [3.8, 4) is 6.07 Å². The van der Waals surface area contributed by atoms with Crippen molar-refractivity contribution in [2.24, 2.45) is 11.8 Å². The van der Waals surface area contributed by atoms with Gasteiger partial charge in [-0.05, 0) is 55.7 Å². The summed E-state index contributed by atoms with van der Waals surface area (Å²) in [5, 5.41) is 9.15. The maximum atomic E-state index is 9.15. The molecule has 0 amide bonds. The first-order valence-corrected chi connectivity index (χ1v) is 7.19. The van der Waals surface area contributed by atoms with Crippen LogP contribution >= 0.6 is 0 Å². The van der Waals surface area contributed by atoms with E-state index in [9.17, 15) is 0 Å². The highest BCUT2D eigenvalue weighted by Crippen LogP contribution is 2.30. The molecule has 1 aromatic rings. The van der Waals surface area contributed by atoms with Crippen LogP contribution in [0.15, 0.2) is 24.5 Å². The van der Waals surface area contributed by atoms with Crippen LogP contribution in [0.25, 0.3) is 0 Å². The molecule has 3 atom stereocenters. The first kappa shape index (κ1) is 14.0. The molecule has 3 heteroatoms. The monoisotopic (exact) mass is 258 g/mol. The van der Waals surface area contributed by atoms with Crippen LogP contribution in [0.3, 0.4) is 0 Å². The Morgan fingerprint density at radius 2 is 2.16 bits per heavy atom. The molecule has 0 radical (unpaired) electrons. The van der Waals surface area contributed by atoms with Crippen molar-refractivity contribution in [1.82, 2.24) is 4.98 Å². The van der Waals surface area contributed by atoms with Gasteiger partial charge in [0.1, 0.15) is 0 Å². The van der Waals surface area contributed by atoms with Gasteiger partial charge in [0.25, 0.3) is 0 Å². The van der Waals surface area contributed by atoms with E-state index in [1.807, 2.05) is 24.5 Å². The van der Waals surface area contributed by atoms with Gasteiger partial charge in [-0.3, -0.25) is 4.98 Å². The Morgan fingerprint density at radius 1 is 1.37 bits per heavy atom. The maximum absolute atomic E-state index is 9.15. The minimum absolute atomic E-state index is 0.0946. The van der Waals surface area contributed by atoms with Crippen molar-refractivity contribution in [2.45, 2.75) is 45.1 Å². The maximum Gasteiger partial charge on any atom is 0.0735 e. The van der Waals surface area contributed by atoms with E-state index in [1.165, 1.54) is 5.56 Å². The number of rotatable bonds is 5. The van der Waals surface area contributed by atoms with Gasteiger partial charge < -0.3 is 4.74 Å². The predicted molar refractivity (Wildman–Crippen MR) is 74.4 cm³/mol. The van der Waals surface area contributed by atoms with Crippen molar-refractivity contribution in [1.29, 1.82) is 5.26 Å². The van der Waals surface area contributed by atoms with Gasteiger partial charge in [0.05, 0.1) is 18.1 Å². The molecule has 2 rings (SSSR count). The quantitative estimate of drug-likeness (QED) is 0.761. The van der Waals surface area contributed by atoms with Crippen LogP contribution in [0, 0.1) is 23.2 Å². The van der Waals surface area contributed by atoms with Crippen molar-refractivity contribution in [2.75, 3.05) is 6.61 Å². The van der Waals surface area contributed by atoms with Crippen LogP contribution in [-0.4, -0.2) is 17.7 Å². The standard InChI is InChI=1S/C16H22N2O/c1-13-4-5-15(12-17)16(11-13)19-10-2-3-14-6-8-18-9-7-14/h6-9,13,15-16H,2-5,10-11H2,1H3. The molecule has 3 unspecified atom stereocenters. The van der Waals surface area contributed by atoms with Crippen LogP contribution in [0.1, 0.15) is 38.2 Å². The number of aryl methyl sites for hydroxylation is 1. The van der Waals surface area contributed by atoms with Gasteiger partial charge >= 0.3 is 0 Å². The summed E-state index contributed by atoms with van der Waals surface area (Å²) in [6, 6.07) is 6.48. The molecule has 1 fully saturated rings. The van der Waals surface area contributed by atoms with Gasteiger partial charge in [-0.15, -0.1) is 0 Å². The average Bonchev–Trinajstić information content (AvgIpc) is 2.45. The molecular formula is C16H22N2O. The largest absolute Gasteiger partial charge is 0.377 e. The minimum atomic E-state index is 0.0946. The zero-order valence-electron chi connectivity index (χ0n) is 11.6. The predicted octanol–water partition coefficient (Wildman–Crippen LogP) is 3.36. The number of hydrogen-bond donors (Lipinski definition) is 0. The second-order valence-electron chi connectivity index (χ2n) is 5.52. The highest BCUT2D eigenvalue weighted by atomic mass is 16.5. The van der Waals surface area contributed by atoms with Gasteiger partial charge in [-0.25, -0.2) is 0 Å². The van der Waals surface area contributed by atoms with Crippen molar-refractivity contribution < 1.29 is 4.74 Å². The molecule has 0 bridgehead atoms. The lowest BCUT2D eigenvalue weighted by Crippen LogP contribution is -2.30. The van der Waals surface area contributed by atoms with E-state index in [4.69, 9.17) is 10.00 Å². The molecule has 102 valence electrons. The lowest BCUT2D eigenvalue weighted by atomic mass is 9.81. The third-order valence-electron chi connectivity index (χ3n) is 3.91. The fourth-order valence-corrected chi connectivity index (χ4v) is 2.72. The van der Waals surface area contributed by atoms with Crippen molar-refractivity contribution in [3.05, 3.63) is 30.1 Å². The van der Waals surface area contributed by atoms with E-state index in [1.54, 1.807) is 0 Å². The normalized spacial score (nSPS) is 26.8. The van der Waals surface area contributed by atoms with Gasteiger partial charge in [0.2, 0.25) is 0 Å². The SMILES string of the molecule is CC1CCC(C#N)C(OCCCc2ccncc2)C1. The van der Waals surface area contributed by atoms with Gasteiger partial charge in [0.15, 0.2) is 0 Å². The summed E-state index contributed by atoms with van der Waals surface area (Å²) in [6.07, 6.45) is 9.01. The third-order valence-corrected chi connectivity index (χ3v) is 3.91. The molecule has 0 spiro atoms. The molecule has 3 nitrogen and oxygen atoms in total. The Labute approximate surface area is 115 Å². The first-order valence-electron chi connectivity index (χ1n) is 7.19. The van der Waals surface area contributed by atoms with Gasteiger partial charge in [0, 0.05) is 19.0 Å². The summed E-state index contributed by atoms with van der Waals surface area (Å²) in [5.74, 6) is 0.784. The molecule has 19 heavy (non-hydrogen) atoms. The van der Waals surface area contributed by atoms with Crippen molar-refractivity contribution >= 4 is 0 Å². The Kier molecular flexibility index (Phi) is 5.35. The summed E-state index contributed by atoms with van der Waals surface area (Å²) in [7, 11) is 0. The summed E-state index contributed by atoms with van der Waals surface area (Å²) in [4.78, 5) is 4.01. The Morgan fingerprint density at radius 3 is 2.89 bits per heavy atom. The second-order valence-corrected chi connectivity index (χ2v) is 5.52. The summed E-state index contributed by atoms with van der Waals surface area (Å²) >= 11 is 0. The zero-order valence-corrected chi connectivity index (χ0v) is 11.6. The second kappa shape index (κ2) is 7.25. The van der Waals surface area contributed by atoms with Crippen LogP contribution < -0.4 is 0 Å². The van der Waals surface area contributed by atoms with E-state index in [0.29, 0.717) is 5.92 Å². The molecular weight excluding hydrogens is 236 g/mol. The first-order chi connectivity index (χ1) is 9.29. The van der Waals surface area contributed by atoms with E-state index in [2.05, 4.69) is 18.0 Å². The highest BCUT2D eigenvalue weighted by molar-refractivity contribution is 5.09. The van der Waals surface area contributed by atoms with Crippen LogP contribution in [0.5, 0.6) is 0 Å². The van der Waals surface area contributed by atoms with E-state index in [-0.39, 0.29) is 12.0 Å². The molecule has 1 heterocycles. The van der Waals surface area contributed by atoms with Gasteiger partial charge in [-0.2, -0.15) is 5.26 Å². The minimum Gasteiger partial charge on any atom is -0.377 e. The fraction of sp³-hybridized carbons (Fsp3) is 0.625. The number of ether oxygens (including phenoxy) is 1. The number of pyridine rings is 1. The Balaban J connectivity index is 1.71. The number of aromatic nitrogens is 1. The molecule has 0 N–H and O–H groups in total. The zero-order chi connectivity index (χ0) is 13.5. The van der Waals surface area contributed by atoms with Crippen molar-refractivity contribution in [3.63, 3.8) is 0 Å². The lowest BCUT2D eigenvalue weighted by Gasteiger charge is -2.30. The molecule has 0 aromatic carbocycles. The topological polar surface area (TPSA) is 45.9 Å². The third kappa shape index (κ3) is 4.33. The lowest BCUT2D eigenvalue weighted by molar-refractivity contribution is -0.00787. The smallest absolute Gasteiger partial charge is 0.0735 e. The van der Waals surface area contributed by atoms with Gasteiger partial charge in [-0.1, -0.05) is 6.92 Å². The van der Waals surface area contributed by atoms with E-state index in [0.717, 1.165) is 38.7 Å². The Bertz CT molecular complexity index is 413. The number of nitrogens with zero attached hydrogens (tertiary/aromatic N) is 2. The molecule has 0 aliphatic heterocycles. The highest BCUT2D eigenvalue weighted by Gasteiger charge is 2.28. The molecule has 1 saturated carbocycles. The number of hydrogen-bond acceptors (Lipinski definition) is 3. The molecule has 1 aromatic heterocycles. The molecule has 1 aliphatic carbocycles. The molecule has 0 saturated heterocycles. The van der Waals surface area contributed by atoms with Crippen LogP contribution in [-0.2, 0) is 11.2 Å². The van der Waals surface area contributed by atoms with E-state index >= 15 is 0 Å². The van der Waals surface area contributed by atoms with Crippen LogP contribution in [0.2, 0.25) is 0 Å². The summed E-state index contributed by atoms with van der Waals surface area (Å²) in [6.45, 7) is 3.00. The Hall–Kier alpha value is -1.40.